The van der Waals surface area contributed by atoms with Gasteiger partial charge in [0.1, 0.15) is 5.84 Å². The minimum absolute atomic E-state index is 0.183. The number of ether oxygens (including phenoxy) is 3. The maximum absolute atomic E-state index is 13.7. The molecule has 0 N–H and O–H groups in total. The molecule has 0 saturated carbocycles. The van der Waals surface area contributed by atoms with Crippen molar-refractivity contribution < 1.29 is 23.8 Å². The normalized spacial score (nSPS) is 19.7. The lowest BCUT2D eigenvalue weighted by atomic mass is 9.94. The third-order valence-corrected chi connectivity index (χ3v) is 6.30. The zero-order valence-electron chi connectivity index (χ0n) is 20.2. The second-order valence-electron chi connectivity index (χ2n) is 8.77. The molecule has 8 heteroatoms. The molecule has 2 aromatic carbocycles. The summed E-state index contributed by atoms with van der Waals surface area (Å²) in [6, 6.07) is 12.8. The summed E-state index contributed by atoms with van der Waals surface area (Å²) >= 11 is 0. The first kappa shape index (κ1) is 22.7. The van der Waals surface area contributed by atoms with Crippen LogP contribution < -0.4 is 14.4 Å². The first-order valence-electron chi connectivity index (χ1n) is 11.5. The molecule has 0 spiro atoms. The molecule has 180 valence electrons. The van der Waals surface area contributed by atoms with Crippen molar-refractivity contribution >= 4 is 29.5 Å². The van der Waals surface area contributed by atoms with Gasteiger partial charge in [0.15, 0.2) is 11.5 Å². The van der Waals surface area contributed by atoms with Gasteiger partial charge in [-0.25, -0.2) is 9.79 Å². The van der Waals surface area contributed by atoms with E-state index in [1.54, 1.807) is 18.7 Å². The number of carbonyl (C=O) groups is 2. The number of rotatable bonds is 5. The molecular weight excluding hydrogens is 446 g/mol. The van der Waals surface area contributed by atoms with Crippen molar-refractivity contribution in [2.24, 2.45) is 4.99 Å². The van der Waals surface area contributed by atoms with Crippen LogP contribution in [0.4, 0.5) is 5.69 Å². The minimum Gasteiger partial charge on any atom is -0.463 e. The lowest BCUT2D eigenvalue weighted by molar-refractivity contribution is -0.139. The van der Waals surface area contributed by atoms with E-state index in [4.69, 9.17) is 14.2 Å². The fraction of sp³-hybridized carbons (Fsp3) is 0.296. The molecule has 3 aliphatic heterocycles. The van der Waals surface area contributed by atoms with E-state index in [1.807, 2.05) is 67.5 Å². The van der Waals surface area contributed by atoms with Gasteiger partial charge in [-0.05, 0) is 55.3 Å². The summed E-state index contributed by atoms with van der Waals surface area (Å²) in [4.78, 5) is 35.0. The van der Waals surface area contributed by atoms with E-state index < -0.39 is 12.0 Å². The van der Waals surface area contributed by atoms with Crippen molar-refractivity contribution in [1.29, 1.82) is 0 Å². The number of nitrogens with zero attached hydrogens (tertiary/aromatic N) is 3. The highest BCUT2D eigenvalue weighted by atomic mass is 16.7. The van der Waals surface area contributed by atoms with E-state index in [0.29, 0.717) is 40.6 Å². The average molecular weight is 474 g/mol. The summed E-state index contributed by atoms with van der Waals surface area (Å²) in [7, 11) is 3.93. The summed E-state index contributed by atoms with van der Waals surface area (Å²) < 4.78 is 16.2. The lowest BCUT2D eigenvalue weighted by Gasteiger charge is -2.33. The van der Waals surface area contributed by atoms with Crippen LogP contribution in [-0.4, -0.2) is 50.1 Å². The van der Waals surface area contributed by atoms with Crippen LogP contribution >= 0.6 is 0 Å². The first-order chi connectivity index (χ1) is 16.9. The summed E-state index contributed by atoms with van der Waals surface area (Å²) in [5.41, 5.74) is 4.21. The molecule has 8 nitrogen and oxygen atoms in total. The summed E-state index contributed by atoms with van der Waals surface area (Å²) in [6.07, 6.45) is 2.21. The zero-order valence-corrected chi connectivity index (χ0v) is 20.2. The zero-order chi connectivity index (χ0) is 24.7. The van der Waals surface area contributed by atoms with Gasteiger partial charge in [0.2, 0.25) is 6.79 Å². The Hall–Kier alpha value is -4.07. The van der Waals surface area contributed by atoms with Gasteiger partial charge in [-0.1, -0.05) is 18.2 Å². The van der Waals surface area contributed by atoms with Crippen molar-refractivity contribution in [2.45, 2.75) is 26.3 Å². The second-order valence-corrected chi connectivity index (χ2v) is 8.77. The van der Waals surface area contributed by atoms with Crippen LogP contribution in [0.2, 0.25) is 0 Å². The van der Waals surface area contributed by atoms with Crippen LogP contribution in [-0.2, 0) is 14.3 Å². The third-order valence-electron chi connectivity index (χ3n) is 6.30. The van der Waals surface area contributed by atoms with Crippen LogP contribution in [0.15, 0.2) is 64.3 Å². The highest BCUT2D eigenvalue weighted by Crippen LogP contribution is 2.42. The molecule has 0 aromatic heterocycles. The fourth-order valence-corrected chi connectivity index (χ4v) is 4.60. The number of esters is 1. The number of amides is 1. The Balaban J connectivity index is 1.55. The highest BCUT2D eigenvalue weighted by Gasteiger charge is 2.44. The number of hydrogen-bond acceptors (Lipinski definition) is 7. The smallest absolute Gasteiger partial charge is 0.338 e. The molecule has 0 aliphatic carbocycles. The number of fused-ring (bicyclic) bond motifs is 2. The van der Waals surface area contributed by atoms with Crippen LogP contribution in [0, 0.1) is 0 Å². The molecule has 3 aliphatic rings. The quantitative estimate of drug-likeness (QED) is 0.481. The summed E-state index contributed by atoms with van der Waals surface area (Å²) in [5.74, 6) is 1.31. The van der Waals surface area contributed by atoms with Crippen molar-refractivity contribution in [3.63, 3.8) is 0 Å². The van der Waals surface area contributed by atoms with E-state index in [1.165, 1.54) is 0 Å². The first-order valence-corrected chi connectivity index (χ1v) is 11.5. The van der Waals surface area contributed by atoms with Crippen molar-refractivity contribution in [2.75, 3.05) is 32.4 Å². The third kappa shape index (κ3) is 4.05. The van der Waals surface area contributed by atoms with Crippen LogP contribution in [0.1, 0.15) is 37.4 Å². The molecule has 1 unspecified atom stereocenters. The fourth-order valence-electron chi connectivity index (χ4n) is 4.60. The van der Waals surface area contributed by atoms with Crippen LogP contribution in [0.25, 0.3) is 6.08 Å². The van der Waals surface area contributed by atoms with Crippen molar-refractivity contribution in [3.05, 3.63) is 70.4 Å². The van der Waals surface area contributed by atoms with Gasteiger partial charge in [-0.15, -0.1) is 0 Å². The summed E-state index contributed by atoms with van der Waals surface area (Å²) in [5, 5.41) is 0. The van der Waals surface area contributed by atoms with Gasteiger partial charge in [0.25, 0.3) is 5.91 Å². The van der Waals surface area contributed by atoms with Gasteiger partial charge in [-0.3, -0.25) is 9.69 Å². The standard InChI is InChI=1S/C27H27N3O5/c1-5-33-27(32)24-16(2)28-23-14-19(12-17-6-11-21-22(13-17)35-15-34-21)26(31)30(23)25(24)18-7-9-20(10-8-18)29(3)4/h6-13,25H,5,14-15H2,1-4H3/b19-12-. The molecular formula is C27H27N3O5. The Morgan fingerprint density at radius 3 is 2.63 bits per heavy atom. The number of allylic oxidation sites excluding steroid dienone is 1. The largest absolute Gasteiger partial charge is 0.463 e. The van der Waals surface area contributed by atoms with E-state index in [0.717, 1.165) is 16.8 Å². The number of anilines is 1. The number of hydrogen-bond donors (Lipinski definition) is 0. The van der Waals surface area contributed by atoms with Crippen LogP contribution in [0.5, 0.6) is 11.5 Å². The molecule has 1 atom stereocenters. The Morgan fingerprint density at radius 1 is 1.17 bits per heavy atom. The van der Waals surface area contributed by atoms with Crippen molar-refractivity contribution in [3.8, 4) is 11.5 Å². The van der Waals surface area contributed by atoms with Gasteiger partial charge >= 0.3 is 5.97 Å². The van der Waals surface area contributed by atoms with E-state index in [-0.39, 0.29) is 19.3 Å². The van der Waals surface area contributed by atoms with Gasteiger partial charge in [-0.2, -0.15) is 0 Å². The number of aliphatic imine (C=N–C) groups is 1. The topological polar surface area (TPSA) is 80.7 Å². The van der Waals surface area contributed by atoms with Gasteiger partial charge < -0.3 is 19.1 Å². The predicted octanol–water partition coefficient (Wildman–Crippen LogP) is 4.09. The SMILES string of the molecule is CCOC(=O)C1=C(C)N=C2C/C(=C/c3ccc4c(c3)OCO4)C(=O)N2C1c1ccc(N(C)C)cc1. The van der Waals surface area contributed by atoms with Crippen molar-refractivity contribution in [1.82, 2.24) is 4.90 Å². The second kappa shape index (κ2) is 8.94. The molecule has 3 heterocycles. The monoisotopic (exact) mass is 473 g/mol. The lowest BCUT2D eigenvalue weighted by Crippen LogP contribution is -2.39. The molecule has 5 rings (SSSR count). The van der Waals surface area contributed by atoms with E-state index in [2.05, 4.69) is 4.99 Å². The Kier molecular flexibility index (Phi) is 5.80. The molecule has 0 radical (unpaired) electrons. The van der Waals surface area contributed by atoms with Gasteiger partial charge in [0.05, 0.1) is 23.9 Å². The number of carbonyl (C=O) groups excluding carboxylic acids is 2. The van der Waals surface area contributed by atoms with Crippen LogP contribution in [0.3, 0.4) is 0 Å². The average Bonchev–Trinajstić information content (AvgIpc) is 3.42. The number of benzene rings is 2. The summed E-state index contributed by atoms with van der Waals surface area (Å²) in [6.45, 7) is 3.98. The van der Waals surface area contributed by atoms with E-state index >= 15 is 0 Å². The Labute approximate surface area is 204 Å². The molecule has 1 fully saturated rings. The molecule has 2 aromatic rings. The predicted molar refractivity (Wildman–Crippen MR) is 132 cm³/mol. The Bertz CT molecular complexity index is 1290. The Morgan fingerprint density at radius 2 is 1.91 bits per heavy atom. The molecule has 35 heavy (non-hydrogen) atoms. The molecule has 0 bridgehead atoms. The molecule has 1 saturated heterocycles. The number of amidine groups is 1. The maximum Gasteiger partial charge on any atom is 0.338 e. The van der Waals surface area contributed by atoms with E-state index in [9.17, 15) is 9.59 Å². The highest BCUT2D eigenvalue weighted by molar-refractivity contribution is 6.19. The minimum atomic E-state index is -0.618. The molecule has 1 amide bonds. The maximum atomic E-state index is 13.7. The van der Waals surface area contributed by atoms with Gasteiger partial charge in [0, 0.05) is 31.8 Å².